The Balaban J connectivity index is 0.000000206. The molecule has 22 heteroatoms. The van der Waals surface area contributed by atoms with Crippen LogP contribution >= 0.6 is 34.2 Å². The van der Waals surface area contributed by atoms with Crippen LogP contribution < -0.4 is 5.73 Å². The Morgan fingerprint density at radius 2 is 0.625 bits per heavy atom. The largest absolute Gasteiger partial charge is 0.465 e. The van der Waals surface area contributed by atoms with Crippen molar-refractivity contribution in [3.8, 4) is 0 Å². The number of hydrogen-bond donors (Lipinski definition) is 4. The molecular formula is C114H145ClIN3O17. The maximum atomic E-state index is 11.3. The summed E-state index contributed by atoms with van der Waals surface area (Å²) in [6.45, 7) is 15.1. The van der Waals surface area contributed by atoms with Crippen LogP contribution in [0.3, 0.4) is 0 Å². The van der Waals surface area contributed by atoms with Gasteiger partial charge in [-0.3, -0.25) is 19.8 Å². The number of rotatable bonds is 16. The molecule has 0 aromatic heterocycles. The van der Waals surface area contributed by atoms with Gasteiger partial charge in [-0.25, -0.2) is 4.79 Å². The monoisotopic (exact) mass is 1990 g/mol. The molecule has 136 heavy (non-hydrogen) atoms. The van der Waals surface area contributed by atoms with E-state index in [2.05, 4.69) is 124 Å². The van der Waals surface area contributed by atoms with Gasteiger partial charge >= 0.3 is 5.97 Å². The number of hydrogen-bond acceptors (Lipinski definition) is 18. The summed E-state index contributed by atoms with van der Waals surface area (Å²) in [5.74, 6) is 4.68. The number of ether oxygens (including phenoxy) is 10. The van der Waals surface area contributed by atoms with E-state index in [9.17, 15) is 19.2 Å². The second kappa shape index (κ2) is 66.9. The Hall–Kier alpha value is -9.48. The number of carbonyl (C=O) groups is 4. The molecule has 0 amide bonds. The highest BCUT2D eigenvalue weighted by atomic mass is 127. The number of ketones is 1. The molecule has 0 bridgehead atoms. The number of benzene rings is 10. The number of aldehydes is 2. The van der Waals surface area contributed by atoms with Crippen molar-refractivity contribution in [2.24, 2.45) is 5.73 Å². The van der Waals surface area contributed by atoms with Crippen LogP contribution in [0.5, 0.6) is 0 Å². The standard InChI is InChI=1S/C13H16O3.C12H14ClNO.C12H15NO.2C12H14O2.C11H13IO.C11H12O2.2C11H14O.C8H11NO.CH4.2H2O/c1-15-13(14)11-6-4-10(5-7-11)12-3-2-8-16-9-12;13-12(14)10-5-3-9(4-6-10)11-2-1-7-15-8-11;3*13-8-10-3-5-11(6-4-10)12-2-1-7-14-9-12;12-11-5-3-9(4-6-11)10-2-1-7-13-8-10;12-11-6-10(7-13-8-11)9-4-2-1-3-5-9;2*1-2-5-10(6-3-1)11-7-4-8-12-9-11;9-8(6-10)7-4-2-1-3-5-7;;;/h4-7,12H,2-3,8-9H2,1H3;3-6,11,14H,1-2,7-8H2;3-6,8,12-13H,1-2,7,9H2;2*3-6,8,12H,1-2,7,9H2;3-6,10H,1-2,7-8H2;1-5,10H,6-8H2;2*1-3,5-6,11H,4,7-9H2;1-5,8,10H,6,9H2;1H4;2*1H2/t12-;11-;3*12-;2*10-;2*11-;8-;;;/m0000000000.../s1. The number of Topliss-reactive ketones (excluding diaryl/α,β-unsaturated/α-hetero) is 1. The molecule has 0 unspecified atom stereocenters. The van der Waals surface area contributed by atoms with Gasteiger partial charge in [0.2, 0.25) is 0 Å². The summed E-state index contributed by atoms with van der Waals surface area (Å²) in [6.07, 6.45) is 22.9. The van der Waals surface area contributed by atoms with Crippen LogP contribution in [0.2, 0.25) is 0 Å². The number of aliphatic hydroxyl groups excluding tert-OH is 1. The molecule has 9 aliphatic rings. The first-order chi connectivity index (χ1) is 65.3. The first-order valence-electron chi connectivity index (χ1n) is 47.5. The molecular weight excluding hydrogens is 1850 g/mol. The van der Waals surface area contributed by atoms with Crippen molar-refractivity contribution in [2.45, 2.75) is 176 Å². The molecule has 20 nitrogen and oxygen atoms in total. The van der Waals surface area contributed by atoms with Gasteiger partial charge < -0.3 is 74.6 Å². The minimum atomic E-state index is -0.286. The predicted molar refractivity (Wildman–Crippen MR) is 553 cm³/mol. The van der Waals surface area contributed by atoms with Crippen LogP contribution in [0.4, 0.5) is 0 Å². The summed E-state index contributed by atoms with van der Waals surface area (Å²) in [5.41, 5.74) is 22.3. The van der Waals surface area contributed by atoms with Gasteiger partial charge in [-0.1, -0.05) is 262 Å². The van der Waals surface area contributed by atoms with Crippen LogP contribution in [0.25, 0.3) is 0 Å². The van der Waals surface area contributed by atoms with E-state index in [4.69, 9.17) is 75.9 Å². The highest BCUT2D eigenvalue weighted by Crippen LogP contribution is 2.34. The lowest BCUT2D eigenvalue weighted by atomic mass is 9.93. The topological polar surface area (TPSA) is 318 Å². The lowest BCUT2D eigenvalue weighted by Crippen LogP contribution is -2.23. The first-order valence-corrected chi connectivity index (χ1v) is 49.0. The van der Waals surface area contributed by atoms with Gasteiger partial charge in [-0.15, -0.1) is 0 Å². The molecule has 19 rings (SSSR count). The molecule has 9 fully saturated rings. The zero-order valence-electron chi connectivity index (χ0n) is 78.4. The summed E-state index contributed by atoms with van der Waals surface area (Å²) in [5, 5.41) is 23.2. The number of aliphatic hydroxyl groups is 1. The van der Waals surface area contributed by atoms with Crippen LogP contribution in [0, 0.1) is 14.4 Å². The molecule has 0 radical (unpaired) electrons. The molecule has 0 aliphatic carbocycles. The van der Waals surface area contributed by atoms with Crippen LogP contribution in [-0.2, 0) is 52.2 Å². The maximum absolute atomic E-state index is 11.3. The quantitative estimate of drug-likeness (QED) is 0.0302. The summed E-state index contributed by atoms with van der Waals surface area (Å²) in [6, 6.07) is 88.8. The first kappa shape index (κ1) is 114. The van der Waals surface area contributed by atoms with E-state index in [1.807, 2.05) is 170 Å². The summed E-state index contributed by atoms with van der Waals surface area (Å²) in [7, 11) is 1.39. The van der Waals surface area contributed by atoms with Crippen molar-refractivity contribution >= 4 is 69.9 Å². The fourth-order valence-corrected chi connectivity index (χ4v) is 17.6. The van der Waals surface area contributed by atoms with Gasteiger partial charge in [0.05, 0.1) is 84.8 Å². The summed E-state index contributed by atoms with van der Waals surface area (Å²) >= 11 is 7.94. The third-order valence-corrected chi connectivity index (χ3v) is 26.0. The van der Waals surface area contributed by atoms with Crippen LogP contribution in [0.1, 0.15) is 274 Å². The summed E-state index contributed by atoms with van der Waals surface area (Å²) < 4.78 is 54.7. The number of carbonyl (C=O) groups excluding carboxylic acids is 4. The van der Waals surface area contributed by atoms with E-state index in [1.165, 1.54) is 131 Å². The second-order valence-corrected chi connectivity index (χ2v) is 36.3. The zero-order chi connectivity index (χ0) is 93.5. The Bertz CT molecular complexity index is 4620. The smallest absolute Gasteiger partial charge is 0.337 e. The fourth-order valence-electron chi connectivity index (χ4n) is 17.1. The average Bonchev–Trinajstić information content (AvgIpc) is 0.867. The van der Waals surface area contributed by atoms with E-state index in [0.717, 1.165) is 185 Å². The average molecular weight is 1990 g/mol. The Kier molecular flexibility index (Phi) is 55.9. The number of halogens is 2. The molecule has 9 N–H and O–H groups in total. The Morgan fingerprint density at radius 3 is 0.868 bits per heavy atom. The van der Waals surface area contributed by atoms with Crippen molar-refractivity contribution in [1.29, 1.82) is 10.8 Å². The zero-order valence-corrected chi connectivity index (χ0v) is 81.3. The van der Waals surface area contributed by atoms with Crippen LogP contribution in [0.15, 0.2) is 267 Å². The number of nitrogens with two attached hydrogens (primary N) is 1. The summed E-state index contributed by atoms with van der Waals surface area (Å²) in [4.78, 5) is 43.3. The predicted octanol–water partition coefficient (Wildman–Crippen LogP) is 22.6. The Labute approximate surface area is 825 Å². The SMILES string of the molecule is C.COC(=O)c1ccc([C@H]2CCCOC2)cc1.Ic1ccc([C@H]2CCCOC2)cc1.N=C(Cl)c1ccc([C@H]2CCCOC2)cc1.N=Cc1ccc([C@H]2CCCOC2)cc1.N[C@@H](CO)c1ccccc1.O.O.O=C1COC[C@@H](c2ccccc2)C1.O=Cc1ccc([C@H]2CCCOC2)cc1.O=Cc1ccc([C@H]2CCCOC2)cc1.c1ccc([C@H]2CCCOC2)cc1.c1ccc([C@H]2CCCOC2)cc1. The third-order valence-electron chi connectivity index (χ3n) is 25.0. The van der Waals surface area contributed by atoms with Gasteiger partial charge in [0.15, 0.2) is 5.78 Å². The van der Waals surface area contributed by atoms with E-state index >= 15 is 0 Å². The molecule has 0 spiro atoms. The minimum Gasteiger partial charge on any atom is -0.465 e. The Morgan fingerprint density at radius 1 is 0.382 bits per heavy atom. The van der Waals surface area contributed by atoms with Gasteiger partial charge in [0.25, 0.3) is 0 Å². The van der Waals surface area contributed by atoms with Crippen molar-refractivity contribution in [2.75, 3.05) is 133 Å². The van der Waals surface area contributed by atoms with Crippen LogP contribution in [-0.4, -0.2) is 184 Å². The van der Waals surface area contributed by atoms with E-state index in [0.29, 0.717) is 72.5 Å². The molecule has 9 saturated heterocycles. The third kappa shape index (κ3) is 41.3. The highest BCUT2D eigenvalue weighted by molar-refractivity contribution is 14.1. The molecule has 10 atom stereocenters. The normalized spacial score (nSPS) is 21.1. The number of nitrogens with one attached hydrogen (secondary N) is 2. The van der Waals surface area contributed by atoms with Crippen molar-refractivity contribution in [1.82, 2.24) is 0 Å². The van der Waals surface area contributed by atoms with E-state index in [-0.39, 0.29) is 53.9 Å². The highest BCUT2D eigenvalue weighted by Gasteiger charge is 2.25. The van der Waals surface area contributed by atoms with Gasteiger partial charge in [-0.2, -0.15) is 0 Å². The molecule has 0 saturated carbocycles. The lowest BCUT2D eigenvalue weighted by Gasteiger charge is -2.22. The van der Waals surface area contributed by atoms with E-state index in [1.54, 1.807) is 0 Å². The van der Waals surface area contributed by atoms with Gasteiger partial charge in [-0.05, 0) is 211 Å². The van der Waals surface area contributed by atoms with Crippen molar-refractivity contribution < 1.29 is 82.6 Å². The molecule has 10 aromatic carbocycles. The molecule has 732 valence electrons. The van der Waals surface area contributed by atoms with Gasteiger partial charge in [0.1, 0.15) is 24.4 Å². The maximum Gasteiger partial charge on any atom is 0.337 e. The van der Waals surface area contributed by atoms with Crippen molar-refractivity contribution in [3.63, 3.8) is 0 Å². The number of esters is 1. The van der Waals surface area contributed by atoms with Crippen molar-refractivity contribution in [3.05, 3.63) is 354 Å². The van der Waals surface area contributed by atoms with Gasteiger partial charge in [0, 0.05) is 139 Å². The minimum absolute atomic E-state index is 0. The second-order valence-electron chi connectivity index (χ2n) is 34.7. The van der Waals surface area contributed by atoms with E-state index < -0.39 is 0 Å². The number of methoxy groups -OCH3 is 1. The molecule has 9 heterocycles. The molecule has 10 aromatic rings. The molecule has 9 aliphatic heterocycles. The lowest BCUT2D eigenvalue weighted by molar-refractivity contribution is -0.128. The fraction of sp³-hybridized carbons (Fsp3) is 0.421.